The number of rotatable bonds is 3. The number of para-hydroxylation sites is 1. The molecule has 0 N–H and O–H groups in total. The van der Waals surface area contributed by atoms with Gasteiger partial charge in [0.05, 0.1) is 23.3 Å². The smallest absolute Gasteiger partial charge is 0.339 e. The number of pyridine rings is 1. The van der Waals surface area contributed by atoms with Gasteiger partial charge in [-0.25, -0.2) is 4.79 Å². The van der Waals surface area contributed by atoms with Gasteiger partial charge in [0, 0.05) is 24.2 Å². The Kier molecular flexibility index (Phi) is 4.83. The molecule has 2 unspecified atom stereocenters. The van der Waals surface area contributed by atoms with Crippen LogP contribution in [0.5, 0.6) is 0 Å². The van der Waals surface area contributed by atoms with E-state index in [1.165, 1.54) is 0 Å². The maximum atomic E-state index is 12.9. The quantitative estimate of drug-likeness (QED) is 0.779. The summed E-state index contributed by atoms with van der Waals surface area (Å²) in [6, 6.07) is 7.61. The Morgan fingerprint density at radius 2 is 1.93 bits per heavy atom. The van der Waals surface area contributed by atoms with E-state index in [1.54, 1.807) is 4.90 Å². The second-order valence-electron chi connectivity index (χ2n) is 7.41. The van der Waals surface area contributed by atoms with Crippen molar-refractivity contribution in [2.45, 2.75) is 45.3 Å². The number of morpholine rings is 1. The van der Waals surface area contributed by atoms with Crippen LogP contribution in [0.15, 0.2) is 24.3 Å². The SMILES string of the molecule is CC1CN(C(=O)COC(=O)c2c3c(nc4ccccc24)CCC3)CC(C)O1. The molecular weight excluding hydrogens is 344 g/mol. The molecule has 1 aliphatic heterocycles. The molecule has 1 aliphatic carbocycles. The highest BCUT2D eigenvalue weighted by Gasteiger charge is 2.28. The number of carbonyl (C=O) groups excluding carboxylic acids is 2. The third-order valence-corrected chi connectivity index (χ3v) is 5.22. The van der Waals surface area contributed by atoms with Gasteiger partial charge in [-0.2, -0.15) is 0 Å². The summed E-state index contributed by atoms with van der Waals surface area (Å²) < 4.78 is 11.1. The summed E-state index contributed by atoms with van der Waals surface area (Å²) >= 11 is 0. The van der Waals surface area contributed by atoms with Crippen molar-refractivity contribution in [1.29, 1.82) is 0 Å². The van der Waals surface area contributed by atoms with Crippen molar-refractivity contribution in [3.05, 3.63) is 41.1 Å². The summed E-state index contributed by atoms with van der Waals surface area (Å²) in [5.41, 5.74) is 3.32. The number of benzene rings is 1. The topological polar surface area (TPSA) is 68.7 Å². The van der Waals surface area contributed by atoms with E-state index in [0.29, 0.717) is 18.7 Å². The molecule has 4 rings (SSSR count). The van der Waals surface area contributed by atoms with Gasteiger partial charge in [-0.1, -0.05) is 18.2 Å². The Labute approximate surface area is 158 Å². The Balaban J connectivity index is 1.53. The molecule has 6 heteroatoms. The number of hydrogen-bond acceptors (Lipinski definition) is 5. The summed E-state index contributed by atoms with van der Waals surface area (Å²) in [6.07, 6.45) is 2.66. The maximum Gasteiger partial charge on any atom is 0.339 e. The molecule has 0 bridgehead atoms. The lowest BCUT2D eigenvalue weighted by Crippen LogP contribution is -2.49. The lowest BCUT2D eigenvalue weighted by atomic mass is 10.0. The van der Waals surface area contributed by atoms with Crippen LogP contribution in [-0.4, -0.2) is 53.7 Å². The highest BCUT2D eigenvalue weighted by atomic mass is 16.5. The molecule has 2 heterocycles. The zero-order valence-electron chi connectivity index (χ0n) is 15.7. The minimum absolute atomic E-state index is 0.0131. The van der Waals surface area contributed by atoms with Crippen molar-refractivity contribution in [3.8, 4) is 0 Å². The summed E-state index contributed by atoms with van der Waals surface area (Å²) in [6.45, 7) is 4.68. The van der Waals surface area contributed by atoms with Crippen molar-refractivity contribution >= 4 is 22.8 Å². The fourth-order valence-electron chi connectivity index (χ4n) is 4.12. The van der Waals surface area contributed by atoms with E-state index in [9.17, 15) is 9.59 Å². The Bertz CT molecular complexity index is 885. The van der Waals surface area contributed by atoms with Crippen LogP contribution in [0.3, 0.4) is 0 Å². The van der Waals surface area contributed by atoms with Crippen LogP contribution in [0.2, 0.25) is 0 Å². The van der Waals surface area contributed by atoms with E-state index in [-0.39, 0.29) is 24.7 Å². The number of aryl methyl sites for hydroxylation is 1. The van der Waals surface area contributed by atoms with Crippen LogP contribution in [-0.2, 0) is 27.1 Å². The van der Waals surface area contributed by atoms with Crippen LogP contribution in [0.25, 0.3) is 10.9 Å². The van der Waals surface area contributed by atoms with E-state index >= 15 is 0 Å². The van der Waals surface area contributed by atoms with Crippen molar-refractivity contribution in [3.63, 3.8) is 0 Å². The fourth-order valence-corrected chi connectivity index (χ4v) is 4.12. The second-order valence-corrected chi connectivity index (χ2v) is 7.41. The monoisotopic (exact) mass is 368 g/mol. The van der Waals surface area contributed by atoms with Crippen molar-refractivity contribution in [2.24, 2.45) is 0 Å². The first-order chi connectivity index (χ1) is 13.0. The first kappa shape index (κ1) is 17.9. The zero-order chi connectivity index (χ0) is 19.0. The standard InChI is InChI=1S/C21H24N2O4/c1-13-10-23(11-14(2)27-13)19(24)12-26-21(25)20-15-6-3-4-8-17(15)22-18-9-5-7-16(18)20/h3-4,6,8,13-14H,5,7,9-12H2,1-2H3. The summed E-state index contributed by atoms with van der Waals surface area (Å²) in [4.78, 5) is 31.8. The molecule has 27 heavy (non-hydrogen) atoms. The van der Waals surface area contributed by atoms with Crippen LogP contribution in [0.4, 0.5) is 0 Å². The van der Waals surface area contributed by atoms with Gasteiger partial charge in [-0.15, -0.1) is 0 Å². The molecule has 0 radical (unpaired) electrons. The molecule has 2 aromatic rings. The van der Waals surface area contributed by atoms with E-state index in [1.807, 2.05) is 38.1 Å². The highest BCUT2D eigenvalue weighted by molar-refractivity contribution is 6.05. The number of hydrogen-bond donors (Lipinski definition) is 0. The van der Waals surface area contributed by atoms with Gasteiger partial charge in [0.25, 0.3) is 5.91 Å². The van der Waals surface area contributed by atoms with Gasteiger partial charge in [0.2, 0.25) is 0 Å². The number of fused-ring (bicyclic) bond motifs is 2. The molecule has 2 atom stereocenters. The van der Waals surface area contributed by atoms with Gasteiger partial charge in [0.1, 0.15) is 0 Å². The van der Waals surface area contributed by atoms with E-state index in [0.717, 1.165) is 41.4 Å². The van der Waals surface area contributed by atoms with E-state index < -0.39 is 5.97 Å². The second kappa shape index (κ2) is 7.27. The Morgan fingerprint density at radius 3 is 2.70 bits per heavy atom. The summed E-state index contributed by atoms with van der Waals surface area (Å²) in [7, 11) is 0. The molecule has 1 amide bonds. The molecule has 1 aromatic heterocycles. The predicted molar refractivity (Wildman–Crippen MR) is 101 cm³/mol. The fraction of sp³-hybridized carbons (Fsp3) is 0.476. The summed E-state index contributed by atoms with van der Waals surface area (Å²) in [5.74, 6) is -0.616. The van der Waals surface area contributed by atoms with Crippen LogP contribution in [0.1, 0.15) is 41.9 Å². The molecule has 1 aromatic carbocycles. The minimum atomic E-state index is -0.436. The van der Waals surface area contributed by atoms with Crippen LogP contribution >= 0.6 is 0 Å². The molecular formula is C21H24N2O4. The van der Waals surface area contributed by atoms with Crippen LogP contribution in [0, 0.1) is 0 Å². The van der Waals surface area contributed by atoms with Gasteiger partial charge < -0.3 is 14.4 Å². The number of esters is 1. The summed E-state index contributed by atoms with van der Waals surface area (Å²) in [5, 5.41) is 0.796. The Hall–Kier alpha value is -2.47. The molecule has 2 aliphatic rings. The number of aromatic nitrogens is 1. The van der Waals surface area contributed by atoms with E-state index in [4.69, 9.17) is 9.47 Å². The lowest BCUT2D eigenvalue weighted by molar-refractivity contribution is -0.146. The largest absolute Gasteiger partial charge is 0.452 e. The number of carbonyl (C=O) groups is 2. The van der Waals surface area contributed by atoms with Gasteiger partial charge in [0.15, 0.2) is 6.61 Å². The van der Waals surface area contributed by atoms with Crippen LogP contribution < -0.4 is 0 Å². The van der Waals surface area contributed by atoms with Crippen molar-refractivity contribution < 1.29 is 19.1 Å². The average Bonchev–Trinajstić information content (AvgIpc) is 3.10. The van der Waals surface area contributed by atoms with Crippen molar-refractivity contribution in [2.75, 3.05) is 19.7 Å². The van der Waals surface area contributed by atoms with Gasteiger partial charge >= 0.3 is 5.97 Å². The normalized spacial score (nSPS) is 21.9. The Morgan fingerprint density at radius 1 is 1.19 bits per heavy atom. The molecule has 0 spiro atoms. The first-order valence-electron chi connectivity index (χ1n) is 9.53. The predicted octanol–water partition coefficient (Wildman–Crippen LogP) is 2.52. The number of amides is 1. The molecule has 6 nitrogen and oxygen atoms in total. The third-order valence-electron chi connectivity index (χ3n) is 5.22. The average molecular weight is 368 g/mol. The minimum Gasteiger partial charge on any atom is -0.452 e. The lowest BCUT2D eigenvalue weighted by Gasteiger charge is -2.35. The molecule has 1 saturated heterocycles. The third kappa shape index (κ3) is 3.54. The van der Waals surface area contributed by atoms with Crippen molar-refractivity contribution in [1.82, 2.24) is 9.88 Å². The van der Waals surface area contributed by atoms with E-state index in [2.05, 4.69) is 4.98 Å². The zero-order valence-corrected chi connectivity index (χ0v) is 15.7. The molecule has 0 saturated carbocycles. The first-order valence-corrected chi connectivity index (χ1v) is 9.53. The van der Waals surface area contributed by atoms with Gasteiger partial charge in [-0.05, 0) is 44.7 Å². The van der Waals surface area contributed by atoms with Gasteiger partial charge in [-0.3, -0.25) is 9.78 Å². The molecule has 142 valence electrons. The number of nitrogens with zero attached hydrogens (tertiary/aromatic N) is 2. The molecule has 1 fully saturated rings. The number of ether oxygens (including phenoxy) is 2. The maximum absolute atomic E-state index is 12.9. The highest BCUT2D eigenvalue weighted by Crippen LogP contribution is 2.30.